The number of amides is 1. The highest BCUT2D eigenvalue weighted by molar-refractivity contribution is 5.98. The van der Waals surface area contributed by atoms with E-state index in [1.165, 1.54) is 18.4 Å². The smallest absolute Gasteiger partial charge is 0.289 e. The monoisotopic (exact) mass is 312 g/mol. The second-order valence-electron chi connectivity index (χ2n) is 4.79. The molecule has 7 heteroatoms. The topological polar surface area (TPSA) is 83.3 Å². The molecule has 0 aliphatic heterocycles. The molecule has 0 radical (unpaired) electrons. The third-order valence-electron chi connectivity index (χ3n) is 3.17. The predicted molar refractivity (Wildman–Crippen MR) is 82.4 cm³/mol. The van der Waals surface area contributed by atoms with Gasteiger partial charge < -0.3 is 4.42 Å². The first kappa shape index (κ1) is 14.7. The molecule has 0 fully saturated rings. The fourth-order valence-corrected chi connectivity index (χ4v) is 1.94. The lowest BCUT2D eigenvalue weighted by molar-refractivity contribution is 0.0950. The van der Waals surface area contributed by atoms with Gasteiger partial charge in [-0.15, -0.1) is 0 Å². The SMILES string of the molecule is C/C(=N/NC(=O)c1cc(-c2ccc(F)cc2)n[nH]1)c1ccco1. The maximum Gasteiger partial charge on any atom is 0.289 e. The number of benzene rings is 1. The van der Waals surface area contributed by atoms with Gasteiger partial charge in [0.1, 0.15) is 23.0 Å². The molecule has 0 unspecified atom stereocenters. The summed E-state index contributed by atoms with van der Waals surface area (Å²) in [6.45, 7) is 1.72. The van der Waals surface area contributed by atoms with E-state index >= 15 is 0 Å². The van der Waals surface area contributed by atoms with Crippen LogP contribution in [0.5, 0.6) is 0 Å². The quantitative estimate of drug-likeness (QED) is 0.574. The number of halogens is 1. The lowest BCUT2D eigenvalue weighted by Gasteiger charge is -1.98. The molecular formula is C16H13FN4O2. The number of hydrogen-bond donors (Lipinski definition) is 2. The van der Waals surface area contributed by atoms with Crippen LogP contribution in [0.2, 0.25) is 0 Å². The second kappa shape index (κ2) is 6.27. The van der Waals surface area contributed by atoms with Crippen LogP contribution in [-0.4, -0.2) is 21.8 Å². The summed E-state index contributed by atoms with van der Waals surface area (Å²) >= 11 is 0. The molecule has 0 bridgehead atoms. The van der Waals surface area contributed by atoms with Crippen LogP contribution in [0.25, 0.3) is 11.3 Å². The Labute approximate surface area is 131 Å². The van der Waals surface area contributed by atoms with E-state index in [0.717, 1.165) is 0 Å². The Morgan fingerprint density at radius 3 is 2.78 bits per heavy atom. The summed E-state index contributed by atoms with van der Waals surface area (Å²) in [6, 6.07) is 10.9. The number of carbonyl (C=O) groups is 1. The van der Waals surface area contributed by atoms with E-state index in [1.54, 1.807) is 37.3 Å². The number of hydrazone groups is 1. The highest BCUT2D eigenvalue weighted by atomic mass is 19.1. The molecule has 6 nitrogen and oxygen atoms in total. The van der Waals surface area contributed by atoms with Crippen LogP contribution in [0.4, 0.5) is 4.39 Å². The van der Waals surface area contributed by atoms with Gasteiger partial charge in [0, 0.05) is 5.56 Å². The van der Waals surface area contributed by atoms with Crippen molar-refractivity contribution in [2.45, 2.75) is 6.92 Å². The first-order chi connectivity index (χ1) is 11.1. The van der Waals surface area contributed by atoms with Gasteiger partial charge in [-0.05, 0) is 49.4 Å². The van der Waals surface area contributed by atoms with Crippen molar-refractivity contribution in [3.8, 4) is 11.3 Å². The Kier molecular flexibility index (Phi) is 4.01. The Bertz CT molecular complexity index is 835. The number of H-pyrrole nitrogens is 1. The highest BCUT2D eigenvalue weighted by Crippen LogP contribution is 2.17. The second-order valence-corrected chi connectivity index (χ2v) is 4.79. The molecule has 2 N–H and O–H groups in total. The summed E-state index contributed by atoms with van der Waals surface area (Å²) in [5.74, 6) is -0.191. The van der Waals surface area contributed by atoms with Crippen molar-refractivity contribution >= 4 is 11.6 Å². The molecule has 23 heavy (non-hydrogen) atoms. The molecule has 2 aromatic heterocycles. The molecule has 3 rings (SSSR count). The van der Waals surface area contributed by atoms with Gasteiger partial charge in [-0.2, -0.15) is 10.2 Å². The van der Waals surface area contributed by atoms with Crippen molar-refractivity contribution in [3.63, 3.8) is 0 Å². The molecule has 0 aliphatic rings. The van der Waals surface area contributed by atoms with E-state index < -0.39 is 5.91 Å². The van der Waals surface area contributed by atoms with E-state index in [9.17, 15) is 9.18 Å². The lowest BCUT2D eigenvalue weighted by Crippen LogP contribution is -2.19. The van der Waals surface area contributed by atoms with Gasteiger partial charge >= 0.3 is 0 Å². The van der Waals surface area contributed by atoms with Crippen molar-refractivity contribution in [1.82, 2.24) is 15.6 Å². The van der Waals surface area contributed by atoms with Crippen LogP contribution in [0.1, 0.15) is 23.2 Å². The van der Waals surface area contributed by atoms with Gasteiger partial charge in [0.15, 0.2) is 0 Å². The van der Waals surface area contributed by atoms with Crippen molar-refractivity contribution in [1.29, 1.82) is 0 Å². The first-order valence-electron chi connectivity index (χ1n) is 6.83. The largest absolute Gasteiger partial charge is 0.463 e. The average molecular weight is 312 g/mol. The fourth-order valence-electron chi connectivity index (χ4n) is 1.94. The number of furan rings is 1. The number of aromatic nitrogens is 2. The van der Waals surface area contributed by atoms with Crippen molar-refractivity contribution in [2.24, 2.45) is 5.10 Å². The summed E-state index contributed by atoms with van der Waals surface area (Å²) in [4.78, 5) is 12.0. The van der Waals surface area contributed by atoms with Gasteiger partial charge in [-0.1, -0.05) is 0 Å². The number of nitrogens with zero attached hydrogens (tertiary/aromatic N) is 2. The molecular weight excluding hydrogens is 299 g/mol. The average Bonchev–Trinajstić information content (AvgIpc) is 3.24. The maximum atomic E-state index is 12.9. The van der Waals surface area contributed by atoms with E-state index in [1.807, 2.05) is 0 Å². The number of aromatic amines is 1. The van der Waals surface area contributed by atoms with E-state index in [4.69, 9.17) is 4.42 Å². The van der Waals surface area contributed by atoms with Crippen molar-refractivity contribution in [3.05, 3.63) is 66.0 Å². The van der Waals surface area contributed by atoms with E-state index in [-0.39, 0.29) is 11.5 Å². The van der Waals surface area contributed by atoms with Crippen LogP contribution in [0.15, 0.2) is 58.2 Å². The minimum Gasteiger partial charge on any atom is -0.463 e. The van der Waals surface area contributed by atoms with Gasteiger partial charge in [-0.25, -0.2) is 9.82 Å². The summed E-state index contributed by atoms with van der Waals surface area (Å²) < 4.78 is 18.1. The minimum absolute atomic E-state index is 0.250. The number of carbonyl (C=O) groups excluding carboxylic acids is 1. The van der Waals surface area contributed by atoms with Gasteiger partial charge in [0.2, 0.25) is 0 Å². The normalized spacial score (nSPS) is 11.5. The third-order valence-corrected chi connectivity index (χ3v) is 3.17. The molecule has 0 saturated carbocycles. The Balaban J connectivity index is 1.71. The van der Waals surface area contributed by atoms with Gasteiger partial charge in [-0.3, -0.25) is 9.89 Å². The Hall–Kier alpha value is -3.22. The van der Waals surface area contributed by atoms with Crippen LogP contribution in [0, 0.1) is 5.82 Å². The van der Waals surface area contributed by atoms with Crippen LogP contribution in [-0.2, 0) is 0 Å². The van der Waals surface area contributed by atoms with E-state index in [2.05, 4.69) is 20.7 Å². The minimum atomic E-state index is -0.434. The molecule has 116 valence electrons. The first-order valence-corrected chi connectivity index (χ1v) is 6.83. The molecule has 0 spiro atoms. The van der Waals surface area contributed by atoms with Crippen molar-refractivity contribution < 1.29 is 13.6 Å². The lowest BCUT2D eigenvalue weighted by atomic mass is 10.1. The zero-order valence-electron chi connectivity index (χ0n) is 12.2. The Morgan fingerprint density at radius 1 is 1.30 bits per heavy atom. The number of rotatable bonds is 4. The zero-order valence-corrected chi connectivity index (χ0v) is 12.2. The molecule has 1 aromatic carbocycles. The summed E-state index contributed by atoms with van der Waals surface area (Å²) in [5, 5.41) is 10.6. The molecule has 3 aromatic rings. The molecule has 0 saturated heterocycles. The van der Waals surface area contributed by atoms with Crippen molar-refractivity contribution in [2.75, 3.05) is 0 Å². The Morgan fingerprint density at radius 2 is 2.09 bits per heavy atom. The number of hydrogen-bond acceptors (Lipinski definition) is 4. The van der Waals surface area contributed by atoms with E-state index in [0.29, 0.717) is 22.7 Å². The van der Waals surface area contributed by atoms with Crippen LogP contribution < -0.4 is 5.43 Å². The molecule has 1 amide bonds. The molecule has 2 heterocycles. The maximum absolute atomic E-state index is 12.9. The predicted octanol–water partition coefficient (Wildman–Crippen LogP) is 2.96. The zero-order chi connectivity index (χ0) is 16.2. The fraction of sp³-hybridized carbons (Fsp3) is 0.0625. The molecule has 0 atom stereocenters. The third kappa shape index (κ3) is 3.34. The summed E-state index contributed by atoms with van der Waals surface area (Å²) in [5.41, 5.74) is 4.46. The van der Waals surface area contributed by atoms with Gasteiger partial charge in [0.25, 0.3) is 5.91 Å². The highest BCUT2D eigenvalue weighted by Gasteiger charge is 2.11. The standard InChI is InChI=1S/C16H13FN4O2/c1-10(15-3-2-8-23-15)18-21-16(22)14-9-13(19-20-14)11-4-6-12(17)7-5-11/h2-9H,1H3,(H,19,20)(H,21,22)/b18-10-. The summed E-state index contributed by atoms with van der Waals surface area (Å²) in [6.07, 6.45) is 1.53. The summed E-state index contributed by atoms with van der Waals surface area (Å²) in [7, 11) is 0. The number of nitrogens with one attached hydrogen (secondary N) is 2. The van der Waals surface area contributed by atoms with Crippen LogP contribution in [0.3, 0.4) is 0 Å². The molecule has 0 aliphatic carbocycles. The van der Waals surface area contributed by atoms with Crippen LogP contribution >= 0.6 is 0 Å². The van der Waals surface area contributed by atoms with Gasteiger partial charge in [0.05, 0.1) is 12.0 Å².